The van der Waals surface area contributed by atoms with Gasteiger partial charge in [0.25, 0.3) is 0 Å². The van der Waals surface area contributed by atoms with Crippen LogP contribution in [0.25, 0.3) is 10.9 Å². The number of fused-ring (bicyclic) bond motifs is 1. The van der Waals surface area contributed by atoms with Gasteiger partial charge in [-0.05, 0) is 24.6 Å². The molecule has 2 rings (SSSR count). The van der Waals surface area contributed by atoms with Crippen molar-refractivity contribution < 1.29 is 4.39 Å². The molecule has 0 saturated heterocycles. The van der Waals surface area contributed by atoms with Crippen molar-refractivity contribution in [1.82, 2.24) is 4.57 Å². The molecule has 68 valence electrons. The van der Waals surface area contributed by atoms with Crippen molar-refractivity contribution in [3.63, 3.8) is 0 Å². The first-order valence-electron chi connectivity index (χ1n) is 4.00. The molecule has 3 heteroatoms. The second-order valence-electron chi connectivity index (χ2n) is 3.21. The van der Waals surface area contributed by atoms with Crippen molar-refractivity contribution in [3.05, 3.63) is 34.7 Å². The maximum absolute atomic E-state index is 13.1. The van der Waals surface area contributed by atoms with Crippen molar-refractivity contribution in [1.29, 1.82) is 0 Å². The molecule has 0 aliphatic heterocycles. The van der Waals surface area contributed by atoms with Gasteiger partial charge in [-0.2, -0.15) is 0 Å². The lowest BCUT2D eigenvalue weighted by atomic mass is 10.2. The van der Waals surface area contributed by atoms with E-state index in [1.807, 2.05) is 24.7 Å². The molecule has 0 fully saturated rings. The van der Waals surface area contributed by atoms with E-state index in [1.54, 1.807) is 6.07 Å². The molecule has 0 spiro atoms. The maximum atomic E-state index is 13.1. The molecule has 0 radical (unpaired) electrons. The summed E-state index contributed by atoms with van der Waals surface area (Å²) in [4.78, 5) is 0. The van der Waals surface area contributed by atoms with E-state index in [0.29, 0.717) is 0 Å². The van der Waals surface area contributed by atoms with Gasteiger partial charge in [0.15, 0.2) is 0 Å². The Kier molecular flexibility index (Phi) is 1.81. The quantitative estimate of drug-likeness (QED) is 0.611. The zero-order valence-electron chi connectivity index (χ0n) is 7.44. The average molecular weight is 198 g/mol. The van der Waals surface area contributed by atoms with Crippen molar-refractivity contribution in [2.75, 3.05) is 0 Å². The van der Waals surface area contributed by atoms with Crippen LogP contribution in [0.4, 0.5) is 4.39 Å². The highest BCUT2D eigenvalue weighted by molar-refractivity contribution is 6.31. The standard InChI is InChI=1S/C10H9ClFN/c1-6-5-13(2)10-4-9(12)8(11)3-7(6)10/h3-5H,1-2H3. The van der Waals surface area contributed by atoms with Gasteiger partial charge in [0, 0.05) is 18.6 Å². The molecule has 13 heavy (non-hydrogen) atoms. The Bertz CT molecular complexity index is 431. The summed E-state index contributed by atoms with van der Waals surface area (Å²) in [5.74, 6) is -0.365. The minimum Gasteiger partial charge on any atom is -0.350 e. The number of hydrogen-bond donors (Lipinski definition) is 0. The fourth-order valence-corrected chi connectivity index (χ4v) is 1.74. The fraction of sp³-hybridized carbons (Fsp3) is 0.200. The molecule has 1 nitrogen and oxygen atoms in total. The molecule has 0 amide bonds. The lowest BCUT2D eigenvalue weighted by Gasteiger charge is -1.98. The number of aryl methyl sites for hydroxylation is 2. The number of halogens is 2. The topological polar surface area (TPSA) is 4.93 Å². The van der Waals surface area contributed by atoms with Crippen LogP contribution in [-0.4, -0.2) is 4.57 Å². The molecule has 1 aromatic carbocycles. The molecule has 0 N–H and O–H groups in total. The van der Waals surface area contributed by atoms with Gasteiger partial charge < -0.3 is 4.57 Å². The van der Waals surface area contributed by atoms with E-state index in [0.717, 1.165) is 16.5 Å². The first kappa shape index (κ1) is 8.57. The Hall–Kier alpha value is -1.02. The SMILES string of the molecule is Cc1cn(C)c2cc(F)c(Cl)cc12. The lowest BCUT2D eigenvalue weighted by molar-refractivity contribution is 0.629. The molecule has 1 aromatic heterocycles. The van der Waals surface area contributed by atoms with Crippen molar-refractivity contribution in [3.8, 4) is 0 Å². The van der Waals surface area contributed by atoms with Crippen LogP contribution in [0.5, 0.6) is 0 Å². The largest absolute Gasteiger partial charge is 0.350 e. The van der Waals surface area contributed by atoms with E-state index in [9.17, 15) is 4.39 Å². The molecule has 1 heterocycles. The summed E-state index contributed by atoms with van der Waals surface area (Å²) in [6, 6.07) is 3.13. The molecule has 0 saturated carbocycles. The van der Waals surface area contributed by atoms with Crippen LogP contribution in [0.15, 0.2) is 18.3 Å². The molecule has 0 aliphatic carbocycles. The number of rotatable bonds is 0. The van der Waals surface area contributed by atoms with Crippen LogP contribution >= 0.6 is 11.6 Å². The monoisotopic (exact) mass is 197 g/mol. The van der Waals surface area contributed by atoms with Crippen LogP contribution < -0.4 is 0 Å². The second kappa shape index (κ2) is 2.74. The Balaban J connectivity index is 2.91. The summed E-state index contributed by atoms with van der Waals surface area (Å²) < 4.78 is 15.0. The summed E-state index contributed by atoms with van der Waals surface area (Å²) in [5.41, 5.74) is 1.99. The lowest BCUT2D eigenvalue weighted by Crippen LogP contribution is -1.85. The van der Waals surface area contributed by atoms with Gasteiger partial charge >= 0.3 is 0 Å². The Morgan fingerprint density at radius 3 is 2.77 bits per heavy atom. The Morgan fingerprint density at radius 1 is 1.38 bits per heavy atom. The van der Waals surface area contributed by atoms with Crippen LogP contribution in [-0.2, 0) is 7.05 Å². The summed E-state index contributed by atoms with van der Waals surface area (Å²) in [7, 11) is 1.89. The molecule has 0 unspecified atom stereocenters. The van der Waals surface area contributed by atoms with Crippen LogP contribution in [0.3, 0.4) is 0 Å². The number of hydrogen-bond acceptors (Lipinski definition) is 0. The minimum atomic E-state index is -0.365. The predicted octanol–water partition coefficient (Wildman–Crippen LogP) is 3.28. The number of nitrogens with zero attached hydrogens (tertiary/aromatic N) is 1. The van der Waals surface area contributed by atoms with E-state index in [4.69, 9.17) is 11.6 Å². The number of benzene rings is 1. The normalized spacial score (nSPS) is 11.1. The Morgan fingerprint density at radius 2 is 2.08 bits per heavy atom. The minimum absolute atomic E-state index is 0.182. The third-order valence-electron chi connectivity index (χ3n) is 2.23. The van der Waals surface area contributed by atoms with Gasteiger partial charge in [-0.15, -0.1) is 0 Å². The van der Waals surface area contributed by atoms with Gasteiger partial charge in [-0.25, -0.2) is 4.39 Å². The fourth-order valence-electron chi connectivity index (χ4n) is 1.57. The average Bonchev–Trinajstić information content (AvgIpc) is 2.31. The first-order chi connectivity index (χ1) is 6.09. The summed E-state index contributed by atoms with van der Waals surface area (Å²) in [6.45, 7) is 1.98. The van der Waals surface area contributed by atoms with Gasteiger partial charge in [-0.1, -0.05) is 11.6 Å². The van der Waals surface area contributed by atoms with Gasteiger partial charge in [0.2, 0.25) is 0 Å². The van der Waals surface area contributed by atoms with Crippen LogP contribution in [0, 0.1) is 12.7 Å². The second-order valence-corrected chi connectivity index (χ2v) is 3.61. The van der Waals surface area contributed by atoms with E-state index in [1.165, 1.54) is 6.07 Å². The maximum Gasteiger partial charge on any atom is 0.143 e. The third kappa shape index (κ3) is 1.22. The van der Waals surface area contributed by atoms with E-state index in [2.05, 4.69) is 0 Å². The molecule has 0 aliphatic rings. The van der Waals surface area contributed by atoms with Gasteiger partial charge in [-0.3, -0.25) is 0 Å². The van der Waals surface area contributed by atoms with E-state index < -0.39 is 0 Å². The molecule has 2 aromatic rings. The summed E-state index contributed by atoms with van der Waals surface area (Å²) in [6.07, 6.45) is 1.96. The van der Waals surface area contributed by atoms with Crippen LogP contribution in [0.1, 0.15) is 5.56 Å². The number of aromatic nitrogens is 1. The highest BCUT2D eigenvalue weighted by Gasteiger charge is 2.07. The molecule has 0 bridgehead atoms. The predicted molar refractivity (Wildman–Crippen MR) is 52.6 cm³/mol. The first-order valence-corrected chi connectivity index (χ1v) is 4.38. The molecular formula is C10H9ClFN. The highest BCUT2D eigenvalue weighted by Crippen LogP contribution is 2.25. The van der Waals surface area contributed by atoms with E-state index in [-0.39, 0.29) is 10.8 Å². The Labute approximate surface area is 80.7 Å². The molecule has 0 atom stereocenters. The third-order valence-corrected chi connectivity index (χ3v) is 2.52. The molecular weight excluding hydrogens is 189 g/mol. The highest BCUT2D eigenvalue weighted by atomic mass is 35.5. The van der Waals surface area contributed by atoms with Gasteiger partial charge in [0.1, 0.15) is 5.82 Å². The van der Waals surface area contributed by atoms with Crippen molar-refractivity contribution >= 4 is 22.5 Å². The zero-order valence-corrected chi connectivity index (χ0v) is 8.19. The van der Waals surface area contributed by atoms with E-state index >= 15 is 0 Å². The summed E-state index contributed by atoms with van der Waals surface area (Å²) >= 11 is 5.68. The zero-order chi connectivity index (χ0) is 9.59. The van der Waals surface area contributed by atoms with Crippen LogP contribution in [0.2, 0.25) is 5.02 Å². The van der Waals surface area contributed by atoms with Gasteiger partial charge in [0.05, 0.1) is 10.5 Å². The van der Waals surface area contributed by atoms with Crippen molar-refractivity contribution in [2.45, 2.75) is 6.92 Å². The summed E-state index contributed by atoms with van der Waals surface area (Å²) in [5, 5.41) is 1.19. The smallest absolute Gasteiger partial charge is 0.143 e. The van der Waals surface area contributed by atoms with Crippen molar-refractivity contribution in [2.24, 2.45) is 7.05 Å².